The minimum atomic E-state index is -0.405. The molecule has 5 rings (SSSR count). The largest absolute Gasteiger partial charge is 0.508 e. The van der Waals surface area contributed by atoms with E-state index in [9.17, 15) is 5.11 Å². The van der Waals surface area contributed by atoms with E-state index < -0.39 is 14.2 Å². The van der Waals surface area contributed by atoms with Crippen LogP contribution in [0.4, 0.5) is 0 Å². The molecule has 39 heavy (non-hydrogen) atoms. The van der Waals surface area contributed by atoms with Gasteiger partial charge in [-0.2, -0.15) is 0 Å². The van der Waals surface area contributed by atoms with Crippen LogP contribution in [0.3, 0.4) is 0 Å². The molecule has 0 saturated carbocycles. The lowest BCUT2D eigenvalue weighted by Gasteiger charge is -2.32. The zero-order chi connectivity index (χ0) is 28.6. The quantitative estimate of drug-likeness (QED) is 0.395. The van der Waals surface area contributed by atoms with Gasteiger partial charge < -0.3 is 28.5 Å². The van der Waals surface area contributed by atoms with Crippen molar-refractivity contribution in [3.8, 4) is 17.2 Å². The van der Waals surface area contributed by atoms with Crippen molar-refractivity contribution >= 4 is 36.8 Å². The van der Waals surface area contributed by atoms with Crippen LogP contribution in [0.25, 0.3) is 0 Å². The molecule has 0 amide bonds. The van der Waals surface area contributed by atoms with Crippen LogP contribution in [0.1, 0.15) is 55.4 Å². The van der Waals surface area contributed by atoms with Crippen molar-refractivity contribution in [1.82, 2.24) is 0 Å². The molecule has 3 aromatic rings. The minimum Gasteiger partial charge on any atom is -0.508 e. The van der Waals surface area contributed by atoms with Crippen LogP contribution in [0, 0.1) is 0 Å². The second-order valence-corrected chi connectivity index (χ2v) is 12.3. The van der Waals surface area contributed by atoms with E-state index in [0.717, 1.165) is 22.4 Å². The molecule has 0 spiro atoms. The average Bonchev–Trinajstić information content (AvgIpc) is 3.21. The van der Waals surface area contributed by atoms with Gasteiger partial charge in [0.15, 0.2) is 0 Å². The summed E-state index contributed by atoms with van der Waals surface area (Å²) in [6.07, 6.45) is 0. The maximum Gasteiger partial charge on any atom is 0.494 e. The first-order valence-electron chi connectivity index (χ1n) is 13.1. The molecule has 9 heteroatoms. The van der Waals surface area contributed by atoms with Gasteiger partial charge in [0.05, 0.1) is 22.4 Å². The van der Waals surface area contributed by atoms with E-state index in [0.29, 0.717) is 5.02 Å². The first kappa shape index (κ1) is 29.5. The number of phenolic OH excluding ortho intramolecular Hbond substituents is 1. The minimum absolute atomic E-state index is 0.229. The van der Waals surface area contributed by atoms with Crippen molar-refractivity contribution < 1.29 is 28.5 Å². The Morgan fingerprint density at radius 1 is 0.590 bits per heavy atom. The maximum absolute atomic E-state index is 9.42. The van der Waals surface area contributed by atoms with Crippen LogP contribution < -0.4 is 15.7 Å². The standard InChI is InChI=1S/C18H20BClO3.C12H17BO3/c1-17(2)18(3,4)23-19(22-17)13-6-5-7-16(12-13)21-15-10-8-14(20)9-11-15;1-11(2)12(3,4)16-13(15-11)9-6-5-7-10(14)8-9/h5-12H,1-4H3;5-8,14H,1-4H3. The van der Waals surface area contributed by atoms with Crippen LogP contribution in [-0.2, 0) is 18.6 Å². The van der Waals surface area contributed by atoms with Gasteiger partial charge in [-0.05, 0) is 115 Å². The van der Waals surface area contributed by atoms with Gasteiger partial charge in [-0.1, -0.05) is 35.9 Å². The summed E-state index contributed by atoms with van der Waals surface area (Å²) in [6, 6.07) is 22.0. The summed E-state index contributed by atoms with van der Waals surface area (Å²) in [5.74, 6) is 1.70. The van der Waals surface area contributed by atoms with Crippen molar-refractivity contribution in [2.24, 2.45) is 0 Å². The molecule has 206 valence electrons. The normalized spacial score (nSPS) is 20.3. The van der Waals surface area contributed by atoms with Crippen molar-refractivity contribution in [3.05, 3.63) is 77.8 Å². The first-order chi connectivity index (χ1) is 18.1. The SMILES string of the molecule is CC1(C)OB(c2cccc(O)c2)OC1(C)C.CC1(C)OB(c2cccc(Oc3ccc(Cl)cc3)c2)OC1(C)C. The van der Waals surface area contributed by atoms with Gasteiger partial charge in [0.2, 0.25) is 0 Å². The number of hydrogen-bond acceptors (Lipinski definition) is 6. The predicted octanol–water partition coefficient (Wildman–Crippen LogP) is 6.12. The second-order valence-electron chi connectivity index (χ2n) is 11.9. The van der Waals surface area contributed by atoms with Crippen LogP contribution in [-0.4, -0.2) is 41.7 Å². The smallest absolute Gasteiger partial charge is 0.494 e. The Bertz CT molecular complexity index is 1260. The highest BCUT2D eigenvalue weighted by Gasteiger charge is 2.52. The van der Waals surface area contributed by atoms with Gasteiger partial charge in [0.1, 0.15) is 17.2 Å². The van der Waals surface area contributed by atoms with E-state index in [2.05, 4.69) is 0 Å². The number of hydrogen-bond donors (Lipinski definition) is 1. The lowest BCUT2D eigenvalue weighted by atomic mass is 9.79. The molecule has 0 aliphatic carbocycles. The lowest BCUT2D eigenvalue weighted by molar-refractivity contribution is 0.00578. The van der Waals surface area contributed by atoms with Crippen LogP contribution in [0.15, 0.2) is 72.8 Å². The zero-order valence-electron chi connectivity index (χ0n) is 23.9. The highest BCUT2D eigenvalue weighted by Crippen LogP contribution is 2.37. The summed E-state index contributed by atoms with van der Waals surface area (Å²) in [6.45, 7) is 16.2. The van der Waals surface area contributed by atoms with E-state index in [1.165, 1.54) is 0 Å². The fourth-order valence-corrected chi connectivity index (χ4v) is 4.12. The zero-order valence-corrected chi connectivity index (χ0v) is 24.7. The third-order valence-corrected chi connectivity index (χ3v) is 8.08. The van der Waals surface area contributed by atoms with Crippen LogP contribution in [0.5, 0.6) is 17.2 Å². The molecular weight excluding hydrogens is 513 g/mol. The van der Waals surface area contributed by atoms with E-state index in [4.69, 9.17) is 35.0 Å². The van der Waals surface area contributed by atoms with Gasteiger partial charge in [0, 0.05) is 5.02 Å². The molecule has 0 aromatic heterocycles. The molecule has 2 saturated heterocycles. The Morgan fingerprint density at radius 2 is 1.03 bits per heavy atom. The molecule has 2 fully saturated rings. The summed E-state index contributed by atoms with van der Waals surface area (Å²) >= 11 is 5.89. The predicted molar refractivity (Wildman–Crippen MR) is 158 cm³/mol. The number of benzene rings is 3. The third kappa shape index (κ3) is 6.64. The Balaban J connectivity index is 0.000000193. The Hall–Kier alpha value is -2.48. The van der Waals surface area contributed by atoms with Gasteiger partial charge in [-0.3, -0.25) is 0 Å². The van der Waals surface area contributed by atoms with E-state index >= 15 is 0 Å². The van der Waals surface area contributed by atoms with Gasteiger partial charge >= 0.3 is 14.2 Å². The maximum atomic E-state index is 9.42. The Labute approximate surface area is 237 Å². The number of ether oxygens (including phenoxy) is 1. The molecule has 6 nitrogen and oxygen atoms in total. The van der Waals surface area contributed by atoms with E-state index in [-0.39, 0.29) is 28.2 Å². The highest BCUT2D eigenvalue weighted by molar-refractivity contribution is 6.62. The molecule has 3 aromatic carbocycles. The molecule has 2 aliphatic heterocycles. The average molecular weight is 551 g/mol. The van der Waals surface area contributed by atoms with E-state index in [1.807, 2.05) is 97.9 Å². The summed E-state index contributed by atoms with van der Waals surface area (Å²) in [4.78, 5) is 0. The molecule has 0 atom stereocenters. The highest BCUT2D eigenvalue weighted by atomic mass is 35.5. The van der Waals surface area contributed by atoms with Gasteiger partial charge in [0.25, 0.3) is 0 Å². The third-order valence-electron chi connectivity index (χ3n) is 7.83. The number of rotatable bonds is 4. The topological polar surface area (TPSA) is 66.4 Å². The lowest BCUT2D eigenvalue weighted by Crippen LogP contribution is -2.41. The van der Waals surface area contributed by atoms with Crippen molar-refractivity contribution in [3.63, 3.8) is 0 Å². The summed E-state index contributed by atoms with van der Waals surface area (Å²) in [5, 5.41) is 10.1. The van der Waals surface area contributed by atoms with E-state index in [1.54, 1.807) is 30.3 Å². The first-order valence-corrected chi connectivity index (χ1v) is 13.5. The molecule has 2 heterocycles. The monoisotopic (exact) mass is 550 g/mol. The summed E-state index contributed by atoms with van der Waals surface area (Å²) in [7, 11) is -0.800. The molecule has 0 bridgehead atoms. The second kappa shape index (κ2) is 10.8. The fourth-order valence-electron chi connectivity index (χ4n) is 3.99. The van der Waals surface area contributed by atoms with Crippen molar-refractivity contribution in [1.29, 1.82) is 0 Å². The summed E-state index contributed by atoms with van der Waals surface area (Å²) in [5.41, 5.74) is 0.385. The number of aromatic hydroxyl groups is 1. The van der Waals surface area contributed by atoms with Crippen LogP contribution in [0.2, 0.25) is 5.02 Å². The van der Waals surface area contributed by atoms with Gasteiger partial charge in [-0.15, -0.1) is 0 Å². The van der Waals surface area contributed by atoms with Crippen LogP contribution >= 0.6 is 11.6 Å². The Morgan fingerprint density at radius 3 is 1.49 bits per heavy atom. The van der Waals surface area contributed by atoms with Crippen molar-refractivity contribution in [2.75, 3.05) is 0 Å². The Kier molecular flexibility index (Phi) is 8.19. The number of halogens is 1. The summed E-state index contributed by atoms with van der Waals surface area (Å²) < 4.78 is 29.8. The van der Waals surface area contributed by atoms with Crippen molar-refractivity contribution in [2.45, 2.75) is 77.8 Å². The van der Waals surface area contributed by atoms with Gasteiger partial charge in [-0.25, -0.2) is 0 Å². The molecular formula is C30H37B2ClO6. The fraction of sp³-hybridized carbons (Fsp3) is 0.400. The molecule has 2 aliphatic rings. The molecule has 0 unspecified atom stereocenters. The molecule has 1 N–H and O–H groups in total. The molecule has 0 radical (unpaired) electrons. The number of phenols is 1.